The second-order valence-electron chi connectivity index (χ2n) is 5.19. The summed E-state index contributed by atoms with van der Waals surface area (Å²) < 4.78 is 1.46. The van der Waals surface area contributed by atoms with Crippen molar-refractivity contribution in [2.24, 2.45) is 7.05 Å². The Kier molecular flexibility index (Phi) is 4.99. The number of hydrogen-bond donors (Lipinski definition) is 2. The molecule has 0 aliphatic rings. The van der Waals surface area contributed by atoms with Crippen molar-refractivity contribution >= 4 is 23.6 Å². The van der Waals surface area contributed by atoms with Crippen molar-refractivity contribution in [1.29, 1.82) is 0 Å². The van der Waals surface area contributed by atoms with Crippen LogP contribution in [0, 0.1) is 0 Å². The number of carbonyl (C=O) groups is 2. The van der Waals surface area contributed by atoms with Gasteiger partial charge in [-0.3, -0.25) is 9.48 Å². The molecule has 6 nitrogen and oxygen atoms in total. The van der Waals surface area contributed by atoms with E-state index in [9.17, 15) is 9.59 Å². The average molecular weight is 285 g/mol. The fourth-order valence-corrected chi connectivity index (χ4v) is 2.01. The first-order valence-electron chi connectivity index (χ1n) is 5.84. The molecule has 0 aliphatic heterocycles. The summed E-state index contributed by atoms with van der Waals surface area (Å²) in [6.07, 6.45) is 3.02. The molecule has 0 bridgehead atoms. The molecule has 1 atom stereocenters. The smallest absolute Gasteiger partial charge is 0.331 e. The lowest BCUT2D eigenvalue weighted by molar-refractivity contribution is -0.141. The normalized spacial score (nSPS) is 13.1. The van der Waals surface area contributed by atoms with Gasteiger partial charge >= 0.3 is 5.97 Å². The third-order valence-electron chi connectivity index (χ3n) is 2.25. The molecule has 106 valence electrons. The van der Waals surface area contributed by atoms with Crippen LogP contribution in [0.15, 0.2) is 12.4 Å². The fourth-order valence-electron chi connectivity index (χ4n) is 1.36. The molecule has 2 N–H and O–H groups in total. The lowest BCUT2D eigenvalue weighted by Gasteiger charge is -2.18. The Morgan fingerprint density at radius 2 is 2.16 bits per heavy atom. The van der Waals surface area contributed by atoms with E-state index in [1.807, 2.05) is 20.8 Å². The summed E-state index contributed by atoms with van der Waals surface area (Å²) in [7, 11) is 1.69. The molecule has 1 heterocycles. The van der Waals surface area contributed by atoms with Crippen molar-refractivity contribution in [1.82, 2.24) is 15.1 Å². The van der Waals surface area contributed by atoms with Gasteiger partial charge in [-0.25, -0.2) is 4.79 Å². The highest BCUT2D eigenvalue weighted by Crippen LogP contribution is 2.23. The topological polar surface area (TPSA) is 84.2 Å². The molecule has 0 fully saturated rings. The lowest BCUT2D eigenvalue weighted by atomic mass is 10.1. The third kappa shape index (κ3) is 5.34. The van der Waals surface area contributed by atoms with Gasteiger partial charge in [0.1, 0.15) is 0 Å². The minimum Gasteiger partial charge on any atom is -0.479 e. The number of rotatable bonds is 5. The Labute approximate surface area is 116 Å². The van der Waals surface area contributed by atoms with Crippen molar-refractivity contribution < 1.29 is 14.7 Å². The summed E-state index contributed by atoms with van der Waals surface area (Å²) >= 11 is 1.47. The number of aliphatic carboxylic acids is 1. The molecule has 0 spiro atoms. The molecule has 1 aromatic rings. The Balaban J connectivity index is 2.65. The van der Waals surface area contributed by atoms with E-state index in [0.717, 1.165) is 0 Å². The lowest BCUT2D eigenvalue weighted by Crippen LogP contribution is -2.35. The average Bonchev–Trinajstić information content (AvgIpc) is 2.68. The SMILES string of the molecule is Cn1cc(C(NC(=O)CSC(C)(C)C)C(=O)O)cn1. The van der Waals surface area contributed by atoms with E-state index in [0.29, 0.717) is 5.56 Å². The van der Waals surface area contributed by atoms with Crippen LogP contribution in [0.2, 0.25) is 0 Å². The molecule has 7 heteroatoms. The Hall–Kier alpha value is -1.50. The Morgan fingerprint density at radius 3 is 2.58 bits per heavy atom. The minimum atomic E-state index is -1.10. The molecule has 0 aromatic carbocycles. The van der Waals surface area contributed by atoms with Crippen LogP contribution in [-0.2, 0) is 16.6 Å². The van der Waals surface area contributed by atoms with E-state index < -0.39 is 12.0 Å². The third-order valence-corrected chi connectivity index (χ3v) is 3.52. The van der Waals surface area contributed by atoms with E-state index in [2.05, 4.69) is 10.4 Å². The maximum Gasteiger partial charge on any atom is 0.331 e. The highest BCUT2D eigenvalue weighted by Gasteiger charge is 2.24. The quantitative estimate of drug-likeness (QED) is 0.849. The van der Waals surface area contributed by atoms with Crippen LogP contribution in [0.1, 0.15) is 32.4 Å². The molecular formula is C12H19N3O3S. The van der Waals surface area contributed by atoms with Gasteiger partial charge < -0.3 is 10.4 Å². The first-order chi connectivity index (χ1) is 8.69. The second-order valence-corrected chi connectivity index (χ2v) is 6.99. The summed E-state index contributed by atoms with van der Waals surface area (Å²) in [5, 5.41) is 15.6. The fraction of sp³-hybridized carbons (Fsp3) is 0.583. The summed E-state index contributed by atoms with van der Waals surface area (Å²) in [5.41, 5.74) is 0.462. The second kappa shape index (κ2) is 6.10. The van der Waals surface area contributed by atoms with Gasteiger partial charge in [0.15, 0.2) is 6.04 Å². The first kappa shape index (κ1) is 15.6. The van der Waals surface area contributed by atoms with Crippen molar-refractivity contribution in [3.05, 3.63) is 18.0 Å². The van der Waals surface area contributed by atoms with Crippen LogP contribution >= 0.6 is 11.8 Å². The van der Waals surface area contributed by atoms with Gasteiger partial charge in [-0.2, -0.15) is 5.10 Å². The number of aryl methyl sites for hydroxylation is 1. The molecular weight excluding hydrogens is 266 g/mol. The van der Waals surface area contributed by atoms with E-state index in [1.54, 1.807) is 13.2 Å². The van der Waals surface area contributed by atoms with Gasteiger partial charge in [0.05, 0.1) is 11.9 Å². The zero-order chi connectivity index (χ0) is 14.6. The number of amides is 1. The highest BCUT2D eigenvalue weighted by atomic mass is 32.2. The van der Waals surface area contributed by atoms with Crippen LogP contribution in [-0.4, -0.2) is 37.3 Å². The number of carboxylic acids is 1. The van der Waals surface area contributed by atoms with Crippen molar-refractivity contribution in [2.45, 2.75) is 31.6 Å². The minimum absolute atomic E-state index is 0.0373. The number of thioether (sulfide) groups is 1. The van der Waals surface area contributed by atoms with Crippen molar-refractivity contribution in [2.75, 3.05) is 5.75 Å². The van der Waals surface area contributed by atoms with Crippen LogP contribution in [0.25, 0.3) is 0 Å². The summed E-state index contributed by atoms with van der Waals surface area (Å²) in [6.45, 7) is 6.00. The molecule has 19 heavy (non-hydrogen) atoms. The van der Waals surface area contributed by atoms with Crippen LogP contribution in [0.4, 0.5) is 0 Å². The molecule has 1 aromatic heterocycles. The van der Waals surface area contributed by atoms with E-state index in [1.165, 1.54) is 22.6 Å². The molecule has 1 amide bonds. The first-order valence-corrected chi connectivity index (χ1v) is 6.82. The Morgan fingerprint density at radius 1 is 1.53 bits per heavy atom. The van der Waals surface area contributed by atoms with Crippen LogP contribution in [0.3, 0.4) is 0 Å². The Bertz CT molecular complexity index is 465. The number of aromatic nitrogens is 2. The number of hydrogen-bond acceptors (Lipinski definition) is 4. The van der Waals surface area contributed by atoms with Gasteiger partial charge in [-0.1, -0.05) is 20.8 Å². The zero-order valence-electron chi connectivity index (χ0n) is 11.5. The molecule has 0 radical (unpaired) electrons. The highest BCUT2D eigenvalue weighted by molar-refractivity contribution is 8.01. The van der Waals surface area contributed by atoms with Gasteiger partial charge in [-0.05, 0) is 0 Å². The number of nitrogens with one attached hydrogen (secondary N) is 1. The van der Waals surface area contributed by atoms with E-state index >= 15 is 0 Å². The maximum absolute atomic E-state index is 11.8. The number of carbonyl (C=O) groups excluding carboxylic acids is 1. The summed E-state index contributed by atoms with van der Waals surface area (Å²) in [5.74, 6) is -1.16. The van der Waals surface area contributed by atoms with E-state index in [4.69, 9.17) is 5.11 Å². The predicted molar refractivity (Wildman–Crippen MR) is 73.9 cm³/mol. The number of nitrogens with zero attached hydrogens (tertiary/aromatic N) is 2. The molecule has 0 saturated carbocycles. The zero-order valence-corrected chi connectivity index (χ0v) is 12.3. The summed E-state index contributed by atoms with van der Waals surface area (Å²) in [4.78, 5) is 22.9. The monoisotopic (exact) mass is 285 g/mol. The van der Waals surface area contributed by atoms with Crippen LogP contribution < -0.4 is 5.32 Å². The largest absolute Gasteiger partial charge is 0.479 e. The van der Waals surface area contributed by atoms with Gasteiger partial charge in [0.2, 0.25) is 5.91 Å². The molecule has 1 rings (SSSR count). The van der Waals surface area contributed by atoms with Crippen molar-refractivity contribution in [3.8, 4) is 0 Å². The van der Waals surface area contributed by atoms with E-state index in [-0.39, 0.29) is 16.4 Å². The summed E-state index contributed by atoms with van der Waals surface area (Å²) in [6, 6.07) is -1.05. The number of carboxylic acid groups (broad SMARTS) is 1. The van der Waals surface area contributed by atoms with Gasteiger partial charge in [0.25, 0.3) is 0 Å². The predicted octanol–water partition coefficient (Wildman–Crippen LogP) is 1.19. The molecule has 1 unspecified atom stereocenters. The van der Waals surface area contributed by atoms with Crippen LogP contribution in [0.5, 0.6) is 0 Å². The van der Waals surface area contributed by atoms with Gasteiger partial charge in [-0.15, -0.1) is 11.8 Å². The molecule has 0 saturated heterocycles. The van der Waals surface area contributed by atoms with Gasteiger partial charge in [0, 0.05) is 23.6 Å². The standard InChI is InChI=1S/C12H19N3O3S/c1-12(2,3)19-7-9(16)14-10(11(17)18)8-5-13-15(4)6-8/h5-6,10H,7H2,1-4H3,(H,14,16)(H,17,18). The van der Waals surface area contributed by atoms with Crippen molar-refractivity contribution in [3.63, 3.8) is 0 Å². The molecule has 0 aliphatic carbocycles. The maximum atomic E-state index is 11.8.